The zero-order chi connectivity index (χ0) is 28.3. The molecule has 3 heteroatoms. The summed E-state index contributed by atoms with van der Waals surface area (Å²) < 4.78 is 2.65. The van der Waals surface area contributed by atoms with Gasteiger partial charge in [0.05, 0.1) is 0 Å². The van der Waals surface area contributed by atoms with Crippen molar-refractivity contribution in [1.82, 2.24) is 0 Å². The molecule has 6 aromatic carbocycles. The van der Waals surface area contributed by atoms with Crippen LogP contribution in [0.5, 0.6) is 0 Å². The molecule has 0 bridgehead atoms. The van der Waals surface area contributed by atoms with Crippen LogP contribution < -0.4 is 4.90 Å². The maximum atomic E-state index is 2.47. The van der Waals surface area contributed by atoms with Crippen molar-refractivity contribution in [1.29, 1.82) is 0 Å². The fourth-order valence-electron chi connectivity index (χ4n) is 6.88. The summed E-state index contributed by atoms with van der Waals surface area (Å²) >= 11 is 3.83. The molecule has 0 fully saturated rings. The van der Waals surface area contributed by atoms with Crippen LogP contribution in [-0.2, 0) is 0 Å². The van der Waals surface area contributed by atoms with Gasteiger partial charge in [0.1, 0.15) is 0 Å². The Morgan fingerprint density at radius 3 is 2.19 bits per heavy atom. The lowest BCUT2D eigenvalue weighted by Crippen LogP contribution is -2.19. The summed E-state index contributed by atoms with van der Waals surface area (Å²) in [5.41, 5.74) is 7.75. The molecule has 0 N–H and O–H groups in total. The molecule has 0 amide bonds. The number of benzene rings is 6. The third kappa shape index (κ3) is 4.07. The topological polar surface area (TPSA) is 3.24 Å². The van der Waals surface area contributed by atoms with Gasteiger partial charge >= 0.3 is 0 Å². The van der Waals surface area contributed by atoms with Gasteiger partial charge in [0.25, 0.3) is 0 Å². The molecule has 0 saturated heterocycles. The van der Waals surface area contributed by atoms with Crippen LogP contribution in [0.25, 0.3) is 42.1 Å². The second-order valence-corrected chi connectivity index (χ2v) is 13.5. The van der Waals surface area contributed by atoms with Gasteiger partial charge in [-0.1, -0.05) is 109 Å². The first-order valence-corrected chi connectivity index (χ1v) is 16.4. The number of nitrogens with zero attached hydrogens (tertiary/aromatic N) is 1. The Morgan fingerprint density at radius 1 is 0.581 bits per heavy atom. The summed E-state index contributed by atoms with van der Waals surface area (Å²) in [7, 11) is 0. The summed E-state index contributed by atoms with van der Waals surface area (Å²) in [6.45, 7) is 0. The number of hydrogen-bond acceptors (Lipinski definition) is 3. The van der Waals surface area contributed by atoms with Crippen LogP contribution in [0.1, 0.15) is 17.9 Å². The highest BCUT2D eigenvalue weighted by Crippen LogP contribution is 2.54. The molecular formula is C40H27NS2. The number of fused-ring (bicyclic) bond motifs is 8. The third-order valence-electron chi connectivity index (χ3n) is 8.83. The van der Waals surface area contributed by atoms with E-state index in [1.807, 2.05) is 23.1 Å². The van der Waals surface area contributed by atoms with Gasteiger partial charge in [-0.25, -0.2) is 0 Å². The molecule has 1 aliphatic carbocycles. The minimum atomic E-state index is 0.420. The summed E-state index contributed by atoms with van der Waals surface area (Å²) in [5, 5.41) is 5.31. The van der Waals surface area contributed by atoms with Gasteiger partial charge in [-0.15, -0.1) is 11.3 Å². The van der Waals surface area contributed by atoms with E-state index < -0.39 is 0 Å². The molecule has 204 valence electrons. The predicted octanol–water partition coefficient (Wildman–Crippen LogP) is 12.1. The first-order chi connectivity index (χ1) is 21.3. The molecule has 0 radical (unpaired) electrons. The molecule has 7 aromatic rings. The zero-order valence-electron chi connectivity index (χ0n) is 23.4. The zero-order valence-corrected chi connectivity index (χ0v) is 25.0. The second kappa shape index (κ2) is 10.0. The molecule has 1 aromatic heterocycles. The van der Waals surface area contributed by atoms with Crippen molar-refractivity contribution in [3.05, 3.63) is 162 Å². The van der Waals surface area contributed by atoms with Gasteiger partial charge in [0.15, 0.2) is 0 Å². The maximum Gasteiger partial charge on any atom is 0.0472 e. The average Bonchev–Trinajstić information content (AvgIpc) is 3.63. The maximum absolute atomic E-state index is 2.47. The van der Waals surface area contributed by atoms with Gasteiger partial charge in [-0.05, 0) is 87.3 Å². The number of thioether (sulfide) groups is 1. The quantitative estimate of drug-likeness (QED) is 0.202. The molecule has 0 spiro atoms. The van der Waals surface area contributed by atoms with E-state index in [0.717, 1.165) is 6.42 Å². The number of allylic oxidation sites excluding steroid dienone is 4. The summed E-state index contributed by atoms with van der Waals surface area (Å²) in [4.78, 5) is 5.32. The largest absolute Gasteiger partial charge is 0.314 e. The van der Waals surface area contributed by atoms with Crippen molar-refractivity contribution in [2.45, 2.75) is 17.2 Å². The monoisotopic (exact) mass is 585 g/mol. The lowest BCUT2D eigenvalue weighted by molar-refractivity contribution is 0.782. The van der Waals surface area contributed by atoms with Gasteiger partial charge in [0.2, 0.25) is 0 Å². The lowest BCUT2D eigenvalue weighted by Gasteiger charge is -2.31. The van der Waals surface area contributed by atoms with Gasteiger partial charge in [-0.3, -0.25) is 0 Å². The average molecular weight is 586 g/mol. The number of anilines is 2. The van der Waals surface area contributed by atoms with Crippen molar-refractivity contribution >= 4 is 65.4 Å². The van der Waals surface area contributed by atoms with Crippen molar-refractivity contribution < 1.29 is 0 Å². The molecule has 1 aliphatic heterocycles. The van der Waals surface area contributed by atoms with Crippen LogP contribution in [-0.4, -0.2) is 0 Å². The molecule has 1 unspecified atom stereocenters. The van der Waals surface area contributed by atoms with Crippen molar-refractivity contribution in [3.63, 3.8) is 0 Å². The van der Waals surface area contributed by atoms with E-state index in [0.29, 0.717) is 5.92 Å². The number of thiophene rings is 1. The van der Waals surface area contributed by atoms with Crippen molar-refractivity contribution in [2.24, 2.45) is 0 Å². The Kier molecular flexibility index (Phi) is 5.82. The second-order valence-electron chi connectivity index (χ2n) is 11.3. The van der Waals surface area contributed by atoms with E-state index >= 15 is 0 Å². The van der Waals surface area contributed by atoms with Crippen LogP contribution in [0.15, 0.2) is 161 Å². The fourth-order valence-corrected chi connectivity index (χ4v) is 9.29. The minimum absolute atomic E-state index is 0.420. The molecular weight excluding hydrogens is 559 g/mol. The van der Waals surface area contributed by atoms with E-state index in [4.69, 9.17) is 0 Å². The first kappa shape index (κ1) is 25.0. The molecule has 2 heterocycles. The summed E-state index contributed by atoms with van der Waals surface area (Å²) in [5.74, 6) is 0.420. The summed E-state index contributed by atoms with van der Waals surface area (Å²) in [6.07, 6.45) is 5.67. The minimum Gasteiger partial charge on any atom is -0.314 e. The highest BCUT2D eigenvalue weighted by Gasteiger charge is 2.32. The Labute approximate surface area is 259 Å². The van der Waals surface area contributed by atoms with Crippen LogP contribution in [0.4, 0.5) is 11.4 Å². The van der Waals surface area contributed by atoms with E-state index in [-0.39, 0.29) is 0 Å². The number of rotatable bonds is 4. The molecule has 2 aliphatic rings. The standard InChI is InChI=1S/C40H27NS2/c1-3-11-26(12-4-1)34-25-39-40(32-17-8-7-15-30(32)34)33-21-19-29(24-38(33)43-39)41(27-13-5-2-6-14-27)28-20-22-37-35(23-28)31-16-9-10-18-36(31)42-37/h1-22,24-25,35H,23H2. The Hall–Kier alpha value is -4.57. The third-order valence-corrected chi connectivity index (χ3v) is 11.2. The molecule has 1 atom stereocenters. The first-order valence-electron chi connectivity index (χ1n) is 14.8. The van der Waals surface area contributed by atoms with Crippen LogP contribution in [0.3, 0.4) is 0 Å². The Bertz CT molecular complexity index is 2240. The van der Waals surface area contributed by atoms with Crippen LogP contribution in [0.2, 0.25) is 0 Å². The highest BCUT2D eigenvalue weighted by molar-refractivity contribution is 8.03. The van der Waals surface area contributed by atoms with Gasteiger partial charge < -0.3 is 4.90 Å². The molecule has 43 heavy (non-hydrogen) atoms. The molecule has 1 nitrogen and oxygen atoms in total. The van der Waals surface area contributed by atoms with Gasteiger partial charge in [-0.2, -0.15) is 0 Å². The van der Waals surface area contributed by atoms with Crippen LogP contribution >= 0.6 is 23.1 Å². The normalized spacial score (nSPS) is 15.8. The highest BCUT2D eigenvalue weighted by atomic mass is 32.2. The molecule has 0 saturated carbocycles. The van der Waals surface area contributed by atoms with E-state index in [1.165, 1.54) is 74.5 Å². The Morgan fingerprint density at radius 2 is 1.33 bits per heavy atom. The fraction of sp³-hybridized carbons (Fsp3) is 0.0500. The lowest BCUT2D eigenvalue weighted by atomic mass is 9.90. The van der Waals surface area contributed by atoms with E-state index in [2.05, 4.69) is 151 Å². The summed E-state index contributed by atoms with van der Waals surface area (Å²) in [6, 6.07) is 48.9. The SMILES string of the molecule is C1=C2Sc3ccccc3C2CC(N(c2ccccc2)c2ccc3c(c2)sc2cc(-c4ccccc4)c4ccccc4c23)=C1. The predicted molar refractivity (Wildman–Crippen MR) is 187 cm³/mol. The Balaban J connectivity index is 1.21. The van der Waals surface area contributed by atoms with Crippen molar-refractivity contribution in [3.8, 4) is 11.1 Å². The molecule has 9 rings (SSSR count). The van der Waals surface area contributed by atoms with E-state index in [9.17, 15) is 0 Å². The number of para-hydroxylation sites is 1. The van der Waals surface area contributed by atoms with Crippen molar-refractivity contribution in [2.75, 3.05) is 4.90 Å². The van der Waals surface area contributed by atoms with Gasteiger partial charge in [0, 0.05) is 48.1 Å². The number of hydrogen-bond donors (Lipinski definition) is 0. The van der Waals surface area contributed by atoms with Crippen LogP contribution in [0, 0.1) is 0 Å². The smallest absolute Gasteiger partial charge is 0.0472 e. The van der Waals surface area contributed by atoms with E-state index in [1.54, 1.807) is 0 Å².